The lowest BCUT2D eigenvalue weighted by Crippen LogP contribution is -2.21. The van der Waals surface area contributed by atoms with Gasteiger partial charge in [0.25, 0.3) is 5.91 Å². The van der Waals surface area contributed by atoms with Crippen LogP contribution in [-0.4, -0.2) is 13.0 Å². The molecule has 0 saturated carbocycles. The van der Waals surface area contributed by atoms with Crippen molar-refractivity contribution in [1.82, 2.24) is 0 Å². The van der Waals surface area contributed by atoms with Gasteiger partial charge in [0, 0.05) is 12.4 Å². The van der Waals surface area contributed by atoms with E-state index in [2.05, 4.69) is 4.99 Å². The lowest BCUT2D eigenvalue weighted by atomic mass is 10.0. The molecule has 4 nitrogen and oxygen atoms in total. The van der Waals surface area contributed by atoms with E-state index in [-0.39, 0.29) is 5.55 Å². The number of benzene rings is 2. The molecule has 1 heterocycles. The van der Waals surface area contributed by atoms with E-state index in [4.69, 9.17) is 10.2 Å². The fourth-order valence-corrected chi connectivity index (χ4v) is 2.22. The van der Waals surface area contributed by atoms with Crippen LogP contribution in [0.4, 0.5) is 0 Å². The Morgan fingerprint density at radius 3 is 2.68 bits per heavy atom. The Bertz CT molecular complexity index is 863. The number of nitrogens with zero attached hydrogens (tertiary/aromatic N) is 1. The summed E-state index contributed by atoms with van der Waals surface area (Å²) in [6.45, 7) is 0. The number of nitrogens with two attached hydrogens (primary N) is 1. The fraction of sp³-hybridized carbons (Fsp3) is 0.0667. The predicted octanol–water partition coefficient (Wildman–Crippen LogP) is 2.22. The highest BCUT2D eigenvalue weighted by atomic mass is 16.3. The molecule has 19 heavy (non-hydrogen) atoms. The van der Waals surface area contributed by atoms with Crippen molar-refractivity contribution in [3.05, 3.63) is 53.6 Å². The number of rotatable bonds is 1. The minimum Gasteiger partial charge on any atom is -0.438 e. The minimum absolute atomic E-state index is 0.260. The number of hydrogen-bond acceptors (Lipinski definition) is 3. The molecule has 1 aromatic heterocycles. The first-order valence-electron chi connectivity index (χ1n) is 5.89. The molecule has 0 saturated heterocycles. The second kappa shape index (κ2) is 4.24. The monoisotopic (exact) mass is 252 g/mol. The van der Waals surface area contributed by atoms with Gasteiger partial charge in [-0.1, -0.05) is 30.3 Å². The summed E-state index contributed by atoms with van der Waals surface area (Å²) < 4.78 is 5.64. The summed E-state index contributed by atoms with van der Waals surface area (Å²) in [5, 5.41) is 2.97. The van der Waals surface area contributed by atoms with Crippen LogP contribution in [0.2, 0.25) is 0 Å². The molecule has 0 aliphatic carbocycles. The highest BCUT2D eigenvalue weighted by Gasteiger charge is 2.10. The second-order valence-electron chi connectivity index (χ2n) is 4.25. The Balaban J connectivity index is 2.53. The van der Waals surface area contributed by atoms with Crippen LogP contribution in [-0.2, 0) is 0 Å². The van der Waals surface area contributed by atoms with Gasteiger partial charge >= 0.3 is 0 Å². The zero-order valence-corrected chi connectivity index (χ0v) is 10.4. The highest BCUT2D eigenvalue weighted by Crippen LogP contribution is 2.24. The summed E-state index contributed by atoms with van der Waals surface area (Å²) in [5.41, 5.74) is 6.61. The van der Waals surface area contributed by atoms with Crippen molar-refractivity contribution in [1.29, 1.82) is 0 Å². The van der Waals surface area contributed by atoms with Crippen LogP contribution in [0.5, 0.6) is 0 Å². The molecule has 4 heteroatoms. The van der Waals surface area contributed by atoms with Gasteiger partial charge in [-0.05, 0) is 22.9 Å². The van der Waals surface area contributed by atoms with E-state index in [0.717, 1.165) is 16.2 Å². The van der Waals surface area contributed by atoms with Crippen LogP contribution < -0.4 is 11.3 Å². The van der Waals surface area contributed by atoms with Crippen LogP contribution in [0.3, 0.4) is 0 Å². The first kappa shape index (κ1) is 11.5. The van der Waals surface area contributed by atoms with Gasteiger partial charge in [0.1, 0.15) is 11.1 Å². The normalized spacial score (nSPS) is 12.2. The van der Waals surface area contributed by atoms with Gasteiger partial charge < -0.3 is 10.2 Å². The van der Waals surface area contributed by atoms with Crippen LogP contribution in [0.25, 0.3) is 21.7 Å². The molecule has 0 radical (unpaired) electrons. The van der Waals surface area contributed by atoms with Crippen LogP contribution in [0.1, 0.15) is 10.4 Å². The molecule has 2 N–H and O–H groups in total. The fourth-order valence-electron chi connectivity index (χ4n) is 2.22. The van der Waals surface area contributed by atoms with Gasteiger partial charge in [0.15, 0.2) is 0 Å². The number of hydrogen-bond donors (Lipinski definition) is 1. The smallest absolute Gasteiger partial charge is 0.254 e. The maximum atomic E-state index is 11.5. The van der Waals surface area contributed by atoms with E-state index >= 15 is 0 Å². The molecule has 0 fully saturated rings. The maximum Gasteiger partial charge on any atom is 0.254 e. The third kappa shape index (κ3) is 1.78. The molecule has 0 unspecified atom stereocenters. The van der Waals surface area contributed by atoms with Gasteiger partial charge in [-0.3, -0.25) is 9.79 Å². The van der Waals surface area contributed by atoms with Crippen molar-refractivity contribution >= 4 is 27.6 Å². The summed E-state index contributed by atoms with van der Waals surface area (Å²) >= 11 is 0. The zero-order valence-electron chi connectivity index (χ0n) is 10.4. The van der Waals surface area contributed by atoms with Gasteiger partial charge in [0.2, 0.25) is 5.55 Å². The first-order valence-corrected chi connectivity index (χ1v) is 5.89. The Hall–Kier alpha value is -2.62. The van der Waals surface area contributed by atoms with E-state index in [0.29, 0.717) is 11.1 Å². The summed E-state index contributed by atoms with van der Waals surface area (Å²) in [7, 11) is 1.57. The van der Waals surface area contributed by atoms with Gasteiger partial charge in [0.05, 0.1) is 0 Å². The SMILES string of the molecule is CN=c1oc2ccc3ccccc3c2cc1C(N)=O. The van der Waals surface area contributed by atoms with Crippen molar-refractivity contribution in [3.63, 3.8) is 0 Å². The number of fused-ring (bicyclic) bond motifs is 3. The molecule has 0 bridgehead atoms. The highest BCUT2D eigenvalue weighted by molar-refractivity contribution is 6.07. The van der Waals surface area contributed by atoms with Crippen LogP contribution in [0, 0.1) is 0 Å². The van der Waals surface area contributed by atoms with E-state index in [1.165, 1.54) is 0 Å². The number of amides is 1. The molecule has 1 amide bonds. The van der Waals surface area contributed by atoms with Gasteiger partial charge in [-0.2, -0.15) is 0 Å². The lowest BCUT2D eigenvalue weighted by molar-refractivity contribution is 0.0996. The minimum atomic E-state index is -0.542. The Kier molecular flexibility index (Phi) is 2.56. The largest absolute Gasteiger partial charge is 0.438 e. The molecule has 0 aliphatic rings. The van der Waals surface area contributed by atoms with Crippen LogP contribution in [0.15, 0.2) is 51.9 Å². The maximum absolute atomic E-state index is 11.5. The lowest BCUT2D eigenvalue weighted by Gasteiger charge is -2.05. The summed E-state index contributed by atoms with van der Waals surface area (Å²) in [6.07, 6.45) is 0. The first-order chi connectivity index (χ1) is 9.20. The van der Waals surface area contributed by atoms with E-state index < -0.39 is 5.91 Å². The summed E-state index contributed by atoms with van der Waals surface area (Å²) in [5.74, 6) is -0.542. The number of carbonyl (C=O) groups excluding carboxylic acids is 1. The van der Waals surface area contributed by atoms with Crippen molar-refractivity contribution in [2.45, 2.75) is 0 Å². The third-order valence-corrected chi connectivity index (χ3v) is 3.12. The van der Waals surface area contributed by atoms with Crippen molar-refractivity contribution in [2.24, 2.45) is 10.7 Å². The molecular formula is C15H12N2O2. The van der Waals surface area contributed by atoms with Gasteiger partial charge in [-0.25, -0.2) is 0 Å². The molecule has 3 rings (SSSR count). The topological polar surface area (TPSA) is 68.6 Å². The van der Waals surface area contributed by atoms with E-state index in [9.17, 15) is 4.79 Å². The molecule has 0 spiro atoms. The summed E-state index contributed by atoms with van der Waals surface area (Å²) in [6, 6.07) is 13.5. The number of primary amides is 1. The third-order valence-electron chi connectivity index (χ3n) is 3.12. The van der Waals surface area contributed by atoms with E-state index in [1.807, 2.05) is 36.4 Å². The van der Waals surface area contributed by atoms with Crippen LogP contribution >= 0.6 is 0 Å². The molecule has 2 aromatic carbocycles. The molecule has 0 aliphatic heterocycles. The molecule has 0 atom stereocenters. The van der Waals surface area contributed by atoms with Gasteiger partial charge in [-0.15, -0.1) is 0 Å². The average molecular weight is 252 g/mol. The number of carbonyl (C=O) groups is 1. The quantitative estimate of drug-likeness (QED) is 0.675. The Morgan fingerprint density at radius 1 is 1.16 bits per heavy atom. The standard InChI is InChI=1S/C15H12N2O2/c1-17-15-12(14(16)18)8-11-10-5-3-2-4-9(10)6-7-13(11)19-15/h2-8H,1H3,(H2,16,18). The van der Waals surface area contributed by atoms with Crippen molar-refractivity contribution in [3.8, 4) is 0 Å². The molecule has 3 aromatic rings. The predicted molar refractivity (Wildman–Crippen MR) is 73.7 cm³/mol. The zero-order chi connectivity index (χ0) is 13.4. The Morgan fingerprint density at radius 2 is 1.95 bits per heavy atom. The average Bonchev–Trinajstić information content (AvgIpc) is 2.45. The molecule has 94 valence electrons. The van der Waals surface area contributed by atoms with E-state index in [1.54, 1.807) is 13.1 Å². The summed E-state index contributed by atoms with van der Waals surface area (Å²) in [4.78, 5) is 15.4. The van der Waals surface area contributed by atoms with Crippen molar-refractivity contribution in [2.75, 3.05) is 7.05 Å². The van der Waals surface area contributed by atoms with Crippen molar-refractivity contribution < 1.29 is 9.21 Å². The Labute approximate surface area is 109 Å². The second-order valence-corrected chi connectivity index (χ2v) is 4.25. The molecular weight excluding hydrogens is 240 g/mol.